The number of aliphatic hydroxyl groups excluding tert-OH is 1. The van der Waals surface area contributed by atoms with E-state index in [2.05, 4.69) is 28.0 Å². The van der Waals surface area contributed by atoms with Gasteiger partial charge in [-0.05, 0) is 42.1 Å². The number of rotatable bonds is 2. The largest absolute Gasteiger partial charge is 0.393 e. The summed E-state index contributed by atoms with van der Waals surface area (Å²) in [5.41, 5.74) is 1.25. The second-order valence-corrected chi connectivity index (χ2v) is 4.71. The van der Waals surface area contributed by atoms with Crippen LogP contribution in [0.2, 0.25) is 0 Å². The van der Waals surface area contributed by atoms with Gasteiger partial charge in [-0.25, -0.2) is 0 Å². The van der Waals surface area contributed by atoms with E-state index in [4.69, 9.17) is 0 Å². The molecule has 0 amide bonds. The van der Waals surface area contributed by atoms with Gasteiger partial charge in [-0.2, -0.15) is 5.10 Å². The fourth-order valence-electron chi connectivity index (χ4n) is 2.24. The highest BCUT2D eigenvalue weighted by Crippen LogP contribution is 2.37. The number of hydrogen-bond donors (Lipinski definition) is 1. The lowest BCUT2D eigenvalue weighted by atomic mass is 10.0. The minimum Gasteiger partial charge on any atom is -0.393 e. The Morgan fingerprint density at radius 2 is 2.43 bits per heavy atom. The summed E-state index contributed by atoms with van der Waals surface area (Å²) in [7, 11) is 0. The topological polar surface area (TPSA) is 38.0 Å². The lowest BCUT2D eigenvalue weighted by Gasteiger charge is -2.12. The van der Waals surface area contributed by atoms with Crippen molar-refractivity contribution in [3.63, 3.8) is 0 Å². The van der Waals surface area contributed by atoms with Crippen LogP contribution in [0, 0.1) is 0 Å². The number of aliphatic hydroxyl groups is 1. The summed E-state index contributed by atoms with van der Waals surface area (Å²) in [6, 6.07) is 0. The van der Waals surface area contributed by atoms with Crippen LogP contribution in [0.3, 0.4) is 0 Å². The molecular formula is C10H15BrN2O. The van der Waals surface area contributed by atoms with Crippen molar-refractivity contribution >= 4 is 15.9 Å². The molecule has 2 unspecified atom stereocenters. The molecule has 1 heterocycles. The zero-order valence-electron chi connectivity index (χ0n) is 8.28. The molecule has 0 aromatic carbocycles. The normalized spacial score (nSPS) is 27.1. The Kier molecular flexibility index (Phi) is 2.93. The molecule has 0 spiro atoms. The molecule has 0 saturated heterocycles. The Bertz CT molecular complexity index is 324. The Balaban J connectivity index is 2.26. The van der Waals surface area contributed by atoms with Crippen molar-refractivity contribution < 1.29 is 5.11 Å². The van der Waals surface area contributed by atoms with Gasteiger partial charge in [0.1, 0.15) is 0 Å². The lowest BCUT2D eigenvalue weighted by molar-refractivity contribution is 0.181. The van der Waals surface area contributed by atoms with E-state index in [0.717, 1.165) is 30.3 Å². The first-order chi connectivity index (χ1) is 6.72. The second-order valence-electron chi connectivity index (χ2n) is 3.86. The van der Waals surface area contributed by atoms with E-state index < -0.39 is 0 Å². The highest BCUT2D eigenvalue weighted by Gasteiger charge is 2.28. The first-order valence-corrected chi connectivity index (χ1v) is 5.91. The van der Waals surface area contributed by atoms with Crippen molar-refractivity contribution in [3.8, 4) is 0 Å². The van der Waals surface area contributed by atoms with Gasteiger partial charge in [-0.15, -0.1) is 0 Å². The van der Waals surface area contributed by atoms with Crippen LogP contribution in [-0.2, 0) is 6.54 Å². The standard InChI is InChI=1S/C10H15BrN2O/c1-2-13-10(9(11)6-12-13)7-3-4-8(14)5-7/h6-8,14H,2-5H2,1H3. The first kappa shape index (κ1) is 10.2. The second kappa shape index (κ2) is 4.03. The molecule has 1 aromatic rings. The highest BCUT2D eigenvalue weighted by molar-refractivity contribution is 9.10. The Morgan fingerprint density at radius 1 is 1.64 bits per heavy atom. The summed E-state index contributed by atoms with van der Waals surface area (Å²) < 4.78 is 3.10. The van der Waals surface area contributed by atoms with Gasteiger partial charge in [-0.3, -0.25) is 4.68 Å². The van der Waals surface area contributed by atoms with Gasteiger partial charge in [0.05, 0.1) is 22.5 Å². The molecule has 1 aliphatic rings. The number of aryl methyl sites for hydroxylation is 1. The van der Waals surface area contributed by atoms with Gasteiger partial charge < -0.3 is 5.11 Å². The molecular weight excluding hydrogens is 244 g/mol. The third kappa shape index (κ3) is 1.73. The SMILES string of the molecule is CCn1ncc(Br)c1C1CCC(O)C1. The molecule has 4 heteroatoms. The first-order valence-electron chi connectivity index (χ1n) is 5.11. The van der Waals surface area contributed by atoms with E-state index in [9.17, 15) is 5.11 Å². The molecule has 1 saturated carbocycles. The minimum atomic E-state index is -0.118. The molecule has 0 radical (unpaired) electrons. The predicted molar refractivity (Wildman–Crippen MR) is 58.2 cm³/mol. The molecule has 2 rings (SSSR count). The molecule has 3 nitrogen and oxygen atoms in total. The van der Waals surface area contributed by atoms with Gasteiger partial charge in [0.25, 0.3) is 0 Å². The summed E-state index contributed by atoms with van der Waals surface area (Å²) in [4.78, 5) is 0. The third-order valence-corrected chi connectivity index (χ3v) is 3.54. The van der Waals surface area contributed by atoms with Crippen LogP contribution in [0.25, 0.3) is 0 Å². The fraction of sp³-hybridized carbons (Fsp3) is 0.700. The van der Waals surface area contributed by atoms with E-state index in [-0.39, 0.29) is 6.10 Å². The van der Waals surface area contributed by atoms with Gasteiger partial charge in [0.15, 0.2) is 0 Å². The van der Waals surface area contributed by atoms with Crippen LogP contribution >= 0.6 is 15.9 Å². The van der Waals surface area contributed by atoms with E-state index in [0.29, 0.717) is 5.92 Å². The van der Waals surface area contributed by atoms with Crippen molar-refractivity contribution in [1.29, 1.82) is 0 Å². The smallest absolute Gasteiger partial charge is 0.0635 e. The van der Waals surface area contributed by atoms with E-state index in [1.807, 2.05) is 10.9 Å². The maximum Gasteiger partial charge on any atom is 0.0635 e. The van der Waals surface area contributed by atoms with E-state index in [1.165, 1.54) is 5.69 Å². The van der Waals surface area contributed by atoms with Crippen LogP contribution in [0.15, 0.2) is 10.7 Å². The monoisotopic (exact) mass is 258 g/mol. The van der Waals surface area contributed by atoms with Crippen LogP contribution < -0.4 is 0 Å². The molecule has 1 aromatic heterocycles. The summed E-state index contributed by atoms with van der Waals surface area (Å²) in [5.74, 6) is 0.474. The zero-order valence-corrected chi connectivity index (χ0v) is 9.87. The molecule has 2 atom stereocenters. The number of halogens is 1. The lowest BCUT2D eigenvalue weighted by Crippen LogP contribution is -2.07. The van der Waals surface area contributed by atoms with E-state index >= 15 is 0 Å². The number of aromatic nitrogens is 2. The predicted octanol–water partition coefficient (Wildman–Crippen LogP) is 2.29. The maximum absolute atomic E-state index is 9.51. The number of hydrogen-bond acceptors (Lipinski definition) is 2. The van der Waals surface area contributed by atoms with Gasteiger partial charge in [-0.1, -0.05) is 0 Å². The average Bonchev–Trinajstić information content (AvgIpc) is 2.71. The molecule has 0 bridgehead atoms. The molecule has 1 N–H and O–H groups in total. The highest BCUT2D eigenvalue weighted by atomic mass is 79.9. The fourth-order valence-corrected chi connectivity index (χ4v) is 2.86. The van der Waals surface area contributed by atoms with E-state index in [1.54, 1.807) is 0 Å². The van der Waals surface area contributed by atoms with Gasteiger partial charge >= 0.3 is 0 Å². The average molecular weight is 259 g/mol. The quantitative estimate of drug-likeness (QED) is 0.884. The van der Waals surface area contributed by atoms with Crippen LogP contribution in [0.1, 0.15) is 37.8 Å². The maximum atomic E-state index is 9.51. The van der Waals surface area contributed by atoms with Crippen LogP contribution in [0.5, 0.6) is 0 Å². The van der Waals surface area contributed by atoms with Crippen molar-refractivity contribution in [2.24, 2.45) is 0 Å². The van der Waals surface area contributed by atoms with Crippen molar-refractivity contribution in [3.05, 3.63) is 16.4 Å². The Hall–Kier alpha value is -0.350. The summed E-state index contributed by atoms with van der Waals surface area (Å²) in [5, 5.41) is 13.8. The molecule has 14 heavy (non-hydrogen) atoms. The molecule has 0 aliphatic heterocycles. The minimum absolute atomic E-state index is 0.118. The molecule has 78 valence electrons. The van der Waals surface area contributed by atoms with Crippen LogP contribution in [-0.4, -0.2) is 21.0 Å². The van der Waals surface area contributed by atoms with Crippen molar-refractivity contribution in [1.82, 2.24) is 9.78 Å². The van der Waals surface area contributed by atoms with Crippen LogP contribution in [0.4, 0.5) is 0 Å². The number of nitrogens with zero attached hydrogens (tertiary/aromatic N) is 2. The molecule has 1 fully saturated rings. The third-order valence-electron chi connectivity index (χ3n) is 2.92. The Labute approximate surface area is 92.2 Å². The summed E-state index contributed by atoms with van der Waals surface area (Å²) >= 11 is 3.52. The molecule has 1 aliphatic carbocycles. The Morgan fingerprint density at radius 3 is 3.00 bits per heavy atom. The summed E-state index contributed by atoms with van der Waals surface area (Å²) in [6.45, 7) is 2.99. The van der Waals surface area contributed by atoms with Crippen molar-refractivity contribution in [2.75, 3.05) is 0 Å². The van der Waals surface area contributed by atoms with Crippen molar-refractivity contribution in [2.45, 2.75) is 44.8 Å². The van der Waals surface area contributed by atoms with Gasteiger partial charge in [0, 0.05) is 12.5 Å². The van der Waals surface area contributed by atoms with Gasteiger partial charge in [0.2, 0.25) is 0 Å². The zero-order chi connectivity index (χ0) is 10.1. The summed E-state index contributed by atoms with van der Waals surface area (Å²) in [6.07, 6.45) is 4.61.